The molecular weight excluding hydrogens is 354 g/mol. The number of anilines is 1. The van der Waals surface area contributed by atoms with Crippen molar-refractivity contribution in [1.29, 1.82) is 0 Å². The third-order valence-electron chi connectivity index (χ3n) is 3.07. The molecule has 0 aliphatic carbocycles. The maximum absolute atomic E-state index is 8.70. The van der Waals surface area contributed by atoms with Crippen LogP contribution in [-0.2, 0) is 6.54 Å². The van der Waals surface area contributed by atoms with Crippen molar-refractivity contribution in [1.82, 2.24) is 0 Å². The largest absolute Gasteiger partial charge is 0.409 e. The number of nitrogens with two attached hydrogens (primary N) is 1. The van der Waals surface area contributed by atoms with Crippen LogP contribution in [0.25, 0.3) is 0 Å². The molecule has 0 aliphatic rings. The molecule has 0 aliphatic heterocycles. The van der Waals surface area contributed by atoms with Crippen LogP contribution in [0.5, 0.6) is 0 Å². The van der Waals surface area contributed by atoms with Gasteiger partial charge in [0.1, 0.15) is 0 Å². The molecule has 0 heterocycles. The van der Waals surface area contributed by atoms with Crippen LogP contribution < -0.4 is 10.6 Å². The van der Waals surface area contributed by atoms with E-state index in [-0.39, 0.29) is 5.84 Å². The second kappa shape index (κ2) is 6.83. The van der Waals surface area contributed by atoms with Gasteiger partial charge in [-0.15, -0.1) is 0 Å². The van der Waals surface area contributed by atoms with E-state index in [1.54, 1.807) is 0 Å². The fourth-order valence-corrected chi connectivity index (χ4v) is 2.92. The third-order valence-corrected chi connectivity index (χ3v) is 3.94. The Morgan fingerprint density at radius 2 is 2.10 bits per heavy atom. The molecule has 2 aromatic rings. The van der Waals surface area contributed by atoms with E-state index in [9.17, 15) is 0 Å². The summed E-state index contributed by atoms with van der Waals surface area (Å²) in [5.74, 6) is 0.0831. The van der Waals surface area contributed by atoms with Crippen molar-refractivity contribution in [2.45, 2.75) is 6.54 Å². The molecular formula is C15H15BrClN3O. The first-order valence-corrected chi connectivity index (χ1v) is 7.41. The Labute approximate surface area is 136 Å². The number of hydrogen-bond acceptors (Lipinski definition) is 3. The van der Waals surface area contributed by atoms with Crippen LogP contribution in [0.3, 0.4) is 0 Å². The van der Waals surface area contributed by atoms with Gasteiger partial charge in [0.25, 0.3) is 0 Å². The minimum absolute atomic E-state index is 0.0831. The van der Waals surface area contributed by atoms with E-state index in [0.717, 1.165) is 27.3 Å². The Morgan fingerprint density at radius 3 is 2.71 bits per heavy atom. The Kier molecular flexibility index (Phi) is 5.09. The molecule has 0 fully saturated rings. The topological polar surface area (TPSA) is 61.8 Å². The highest BCUT2D eigenvalue weighted by molar-refractivity contribution is 9.10. The number of hydrogen-bond donors (Lipinski definition) is 2. The second-order valence-electron chi connectivity index (χ2n) is 4.64. The highest BCUT2D eigenvalue weighted by Gasteiger charge is 2.09. The average Bonchev–Trinajstić information content (AvgIpc) is 2.46. The summed E-state index contributed by atoms with van der Waals surface area (Å²) in [7, 11) is 1.99. The summed E-state index contributed by atoms with van der Waals surface area (Å²) in [5, 5.41) is 12.4. The Bertz CT molecular complexity index is 676. The number of oxime groups is 1. The summed E-state index contributed by atoms with van der Waals surface area (Å²) in [4.78, 5) is 2.09. The van der Waals surface area contributed by atoms with Crippen LogP contribution >= 0.6 is 27.5 Å². The van der Waals surface area contributed by atoms with Crippen molar-refractivity contribution in [3.63, 3.8) is 0 Å². The lowest BCUT2D eigenvalue weighted by Crippen LogP contribution is -2.18. The van der Waals surface area contributed by atoms with E-state index >= 15 is 0 Å². The summed E-state index contributed by atoms with van der Waals surface area (Å²) in [6, 6.07) is 13.3. The average molecular weight is 369 g/mol. The molecule has 0 atom stereocenters. The van der Waals surface area contributed by atoms with Crippen molar-refractivity contribution < 1.29 is 5.21 Å². The maximum atomic E-state index is 8.70. The van der Waals surface area contributed by atoms with E-state index < -0.39 is 0 Å². The molecule has 0 radical (unpaired) electrons. The normalized spacial score (nSPS) is 11.5. The highest BCUT2D eigenvalue weighted by Crippen LogP contribution is 2.28. The van der Waals surface area contributed by atoms with Gasteiger partial charge in [0.05, 0.1) is 5.69 Å². The van der Waals surface area contributed by atoms with Crippen LogP contribution in [0, 0.1) is 0 Å². The van der Waals surface area contributed by atoms with E-state index in [4.69, 9.17) is 22.5 Å². The first-order valence-electron chi connectivity index (χ1n) is 6.24. The summed E-state index contributed by atoms with van der Waals surface area (Å²) >= 11 is 9.51. The molecule has 21 heavy (non-hydrogen) atoms. The van der Waals surface area contributed by atoms with Gasteiger partial charge in [-0.2, -0.15) is 0 Å². The first kappa shape index (κ1) is 15.7. The fourth-order valence-electron chi connectivity index (χ4n) is 2.03. The molecule has 0 bridgehead atoms. The van der Waals surface area contributed by atoms with Gasteiger partial charge < -0.3 is 15.8 Å². The van der Waals surface area contributed by atoms with Crippen LogP contribution in [0.1, 0.15) is 11.1 Å². The van der Waals surface area contributed by atoms with Gasteiger partial charge in [0, 0.05) is 28.7 Å². The fraction of sp³-hybridized carbons (Fsp3) is 0.133. The van der Waals surface area contributed by atoms with Gasteiger partial charge in [0.2, 0.25) is 0 Å². The quantitative estimate of drug-likeness (QED) is 0.373. The minimum atomic E-state index is 0.0831. The Hall–Kier alpha value is -1.72. The van der Waals surface area contributed by atoms with Gasteiger partial charge in [-0.25, -0.2) is 0 Å². The summed E-state index contributed by atoms with van der Waals surface area (Å²) in [6.45, 7) is 0.724. The zero-order valence-corrected chi connectivity index (χ0v) is 13.8. The van der Waals surface area contributed by atoms with Gasteiger partial charge in [-0.05, 0) is 51.8 Å². The van der Waals surface area contributed by atoms with Crippen LogP contribution in [0.4, 0.5) is 5.69 Å². The first-order chi connectivity index (χ1) is 10.0. The van der Waals surface area contributed by atoms with Crippen LogP contribution in [0.2, 0.25) is 5.02 Å². The van der Waals surface area contributed by atoms with Crippen molar-refractivity contribution >= 4 is 39.1 Å². The SMILES string of the molecule is CN(Cc1cccc(Cl)c1)c1ccc(/C(N)=N/O)cc1Br. The van der Waals surface area contributed by atoms with Gasteiger partial charge >= 0.3 is 0 Å². The number of nitrogens with zero attached hydrogens (tertiary/aromatic N) is 2. The monoisotopic (exact) mass is 367 g/mol. The molecule has 4 nitrogen and oxygen atoms in total. The van der Waals surface area contributed by atoms with Crippen molar-refractivity contribution in [3.8, 4) is 0 Å². The predicted octanol–water partition coefficient (Wildman–Crippen LogP) is 3.83. The number of rotatable bonds is 4. The van der Waals surface area contributed by atoms with Crippen molar-refractivity contribution in [2.24, 2.45) is 10.9 Å². The lowest BCUT2D eigenvalue weighted by molar-refractivity contribution is 0.318. The van der Waals surface area contributed by atoms with Gasteiger partial charge in [-0.3, -0.25) is 0 Å². The van der Waals surface area contributed by atoms with Crippen molar-refractivity contribution in [3.05, 3.63) is 63.1 Å². The van der Waals surface area contributed by atoms with E-state index in [2.05, 4.69) is 26.0 Å². The molecule has 0 saturated heterocycles. The number of halogens is 2. The molecule has 2 rings (SSSR count). The molecule has 6 heteroatoms. The molecule has 0 amide bonds. The third kappa shape index (κ3) is 3.89. The van der Waals surface area contributed by atoms with Gasteiger partial charge in [0.15, 0.2) is 5.84 Å². The molecule has 110 valence electrons. The van der Waals surface area contributed by atoms with E-state index in [1.807, 2.05) is 49.5 Å². The summed E-state index contributed by atoms with van der Waals surface area (Å²) in [5.41, 5.74) is 8.36. The zero-order valence-electron chi connectivity index (χ0n) is 11.4. The molecule has 3 N–H and O–H groups in total. The molecule has 0 spiro atoms. The number of amidine groups is 1. The zero-order chi connectivity index (χ0) is 15.4. The predicted molar refractivity (Wildman–Crippen MR) is 90.2 cm³/mol. The molecule has 2 aromatic carbocycles. The summed E-state index contributed by atoms with van der Waals surface area (Å²) in [6.07, 6.45) is 0. The molecule has 0 unspecified atom stereocenters. The number of benzene rings is 2. The summed E-state index contributed by atoms with van der Waals surface area (Å²) < 4.78 is 0.871. The van der Waals surface area contributed by atoms with Crippen LogP contribution in [-0.4, -0.2) is 18.1 Å². The van der Waals surface area contributed by atoms with E-state index in [0.29, 0.717) is 5.56 Å². The maximum Gasteiger partial charge on any atom is 0.170 e. The lowest BCUT2D eigenvalue weighted by atomic mass is 10.1. The minimum Gasteiger partial charge on any atom is -0.409 e. The molecule has 0 saturated carbocycles. The smallest absolute Gasteiger partial charge is 0.170 e. The standard InChI is InChI=1S/C15H15BrClN3O/c1-20(9-10-3-2-4-12(17)7-10)14-6-5-11(8-13(14)16)15(18)19-21/h2-8,21H,9H2,1H3,(H2,18,19). The lowest BCUT2D eigenvalue weighted by Gasteiger charge is -2.21. The second-order valence-corrected chi connectivity index (χ2v) is 5.93. The molecule has 0 aromatic heterocycles. The van der Waals surface area contributed by atoms with Crippen LogP contribution in [0.15, 0.2) is 52.1 Å². The Morgan fingerprint density at radius 1 is 1.33 bits per heavy atom. The van der Waals surface area contributed by atoms with E-state index in [1.165, 1.54) is 0 Å². The highest BCUT2D eigenvalue weighted by atomic mass is 79.9. The van der Waals surface area contributed by atoms with Crippen molar-refractivity contribution in [2.75, 3.05) is 11.9 Å². The Balaban J connectivity index is 2.21. The van der Waals surface area contributed by atoms with Gasteiger partial charge in [-0.1, -0.05) is 28.9 Å².